The minimum Gasteiger partial charge on any atom is -0.488 e. The molecule has 2 aromatic rings. The Hall–Kier alpha value is -3.40. The molecular weight excluding hydrogens is 376 g/mol. The smallest absolute Gasteiger partial charge is 0.326 e. The summed E-state index contributed by atoms with van der Waals surface area (Å²) in [4.78, 5) is 32.2. The summed E-state index contributed by atoms with van der Waals surface area (Å²) in [6.07, 6.45) is 3.05. The van der Waals surface area contributed by atoms with Crippen LogP contribution in [0.15, 0.2) is 30.6 Å². The van der Waals surface area contributed by atoms with Gasteiger partial charge in [0.15, 0.2) is 11.6 Å². The zero-order chi connectivity index (χ0) is 21.0. The maximum Gasteiger partial charge on any atom is 0.326 e. The summed E-state index contributed by atoms with van der Waals surface area (Å²) >= 11 is 0. The average Bonchev–Trinajstić information content (AvgIpc) is 2.75. The highest BCUT2D eigenvalue weighted by molar-refractivity contribution is 5.94. The van der Waals surface area contributed by atoms with Crippen molar-refractivity contribution in [3.63, 3.8) is 0 Å². The second-order valence-corrected chi connectivity index (χ2v) is 6.46. The number of nitrogens with zero attached hydrogens (tertiary/aromatic N) is 4. The quantitative estimate of drug-likeness (QED) is 0.768. The van der Waals surface area contributed by atoms with Crippen molar-refractivity contribution < 1.29 is 19.1 Å². The van der Waals surface area contributed by atoms with Crippen molar-refractivity contribution in [1.29, 1.82) is 5.41 Å². The van der Waals surface area contributed by atoms with Crippen molar-refractivity contribution >= 4 is 23.4 Å². The highest BCUT2D eigenvalue weighted by Gasteiger charge is 2.24. The molecule has 10 heteroatoms. The van der Waals surface area contributed by atoms with Crippen molar-refractivity contribution in [2.24, 2.45) is 0 Å². The third-order valence-corrected chi connectivity index (χ3v) is 4.57. The molecular formula is C19H24N6O4. The molecule has 0 aliphatic carbocycles. The van der Waals surface area contributed by atoms with E-state index in [1.807, 2.05) is 4.90 Å². The standard InChI is InChI=1S/C19H24N6O4/c1-21-19(27)25-5-4-14(11-16(25)20)24-7-9-29-15-10-13(12-22-17(15)24)18(26)23(2)6-8-28-3/h4-5,10-12,20H,6-9H2,1-3H3,(H,21,27). The molecule has 1 aliphatic rings. The van der Waals surface area contributed by atoms with Gasteiger partial charge in [-0.15, -0.1) is 0 Å². The van der Waals surface area contributed by atoms with Gasteiger partial charge < -0.3 is 24.6 Å². The number of anilines is 2. The summed E-state index contributed by atoms with van der Waals surface area (Å²) in [5.74, 6) is 0.888. The molecule has 0 aromatic carbocycles. The minimum atomic E-state index is -0.386. The molecule has 0 atom stereocenters. The van der Waals surface area contributed by atoms with E-state index in [-0.39, 0.29) is 17.4 Å². The van der Waals surface area contributed by atoms with Gasteiger partial charge in [0.05, 0.1) is 18.7 Å². The van der Waals surface area contributed by atoms with Crippen LogP contribution in [0.25, 0.3) is 0 Å². The number of hydrogen-bond acceptors (Lipinski definition) is 7. The van der Waals surface area contributed by atoms with Crippen LogP contribution in [0.3, 0.4) is 0 Å². The maximum atomic E-state index is 12.6. The lowest BCUT2D eigenvalue weighted by molar-refractivity contribution is 0.0743. The number of ether oxygens (including phenoxy) is 2. The summed E-state index contributed by atoms with van der Waals surface area (Å²) in [6, 6.07) is 4.61. The molecule has 0 saturated carbocycles. The molecule has 2 aromatic heterocycles. The first kappa shape index (κ1) is 20.3. The van der Waals surface area contributed by atoms with Gasteiger partial charge in [0.1, 0.15) is 12.1 Å². The molecule has 0 spiro atoms. The Morgan fingerprint density at radius 3 is 2.90 bits per heavy atom. The number of rotatable bonds is 5. The summed E-state index contributed by atoms with van der Waals surface area (Å²) in [5, 5.41) is 10.6. The zero-order valence-electron chi connectivity index (χ0n) is 16.6. The molecule has 29 heavy (non-hydrogen) atoms. The molecule has 2 N–H and O–H groups in total. The lowest BCUT2D eigenvalue weighted by Gasteiger charge is -2.30. The largest absolute Gasteiger partial charge is 0.488 e. The van der Waals surface area contributed by atoms with Gasteiger partial charge in [-0.05, 0) is 12.1 Å². The number of methoxy groups -OCH3 is 1. The topological polar surface area (TPSA) is 113 Å². The Morgan fingerprint density at radius 2 is 2.21 bits per heavy atom. The molecule has 154 valence electrons. The number of carbonyl (C=O) groups is 2. The molecule has 0 radical (unpaired) electrons. The predicted molar refractivity (Wildman–Crippen MR) is 106 cm³/mol. The van der Waals surface area contributed by atoms with E-state index >= 15 is 0 Å². The van der Waals surface area contributed by atoms with Crippen LogP contribution >= 0.6 is 0 Å². The van der Waals surface area contributed by atoms with Gasteiger partial charge >= 0.3 is 6.03 Å². The second-order valence-electron chi connectivity index (χ2n) is 6.46. The monoisotopic (exact) mass is 400 g/mol. The minimum absolute atomic E-state index is 0.0430. The van der Waals surface area contributed by atoms with Crippen molar-refractivity contribution in [2.75, 3.05) is 52.4 Å². The number of hydrogen-bond donors (Lipinski definition) is 2. The van der Waals surface area contributed by atoms with E-state index in [0.717, 1.165) is 0 Å². The van der Waals surface area contributed by atoms with Gasteiger partial charge in [0, 0.05) is 51.9 Å². The fourth-order valence-corrected chi connectivity index (χ4v) is 2.97. The fourth-order valence-electron chi connectivity index (χ4n) is 2.97. The van der Waals surface area contributed by atoms with Crippen LogP contribution in [-0.4, -0.2) is 73.9 Å². The lowest BCUT2D eigenvalue weighted by Crippen LogP contribution is -2.35. The number of amides is 2. The summed E-state index contributed by atoms with van der Waals surface area (Å²) < 4.78 is 11.9. The van der Waals surface area contributed by atoms with Crippen LogP contribution < -0.4 is 20.4 Å². The molecule has 1 aliphatic heterocycles. The molecule has 0 unspecified atom stereocenters. The van der Waals surface area contributed by atoms with Crippen LogP contribution in [0, 0.1) is 5.41 Å². The number of aromatic nitrogens is 2. The molecule has 0 saturated heterocycles. The van der Waals surface area contributed by atoms with Crippen molar-refractivity contribution in [1.82, 2.24) is 19.8 Å². The van der Waals surface area contributed by atoms with Gasteiger partial charge in [0.25, 0.3) is 5.91 Å². The first-order valence-corrected chi connectivity index (χ1v) is 9.10. The van der Waals surface area contributed by atoms with Gasteiger partial charge in [-0.1, -0.05) is 0 Å². The van der Waals surface area contributed by atoms with E-state index in [0.29, 0.717) is 49.1 Å². The van der Waals surface area contributed by atoms with Crippen molar-refractivity contribution in [3.05, 3.63) is 41.6 Å². The molecule has 0 bridgehead atoms. The maximum absolute atomic E-state index is 12.6. The van der Waals surface area contributed by atoms with Gasteiger partial charge in [-0.25, -0.2) is 9.78 Å². The van der Waals surface area contributed by atoms with Crippen LogP contribution in [0.4, 0.5) is 16.3 Å². The normalized spacial score (nSPS) is 12.7. The first-order valence-electron chi connectivity index (χ1n) is 9.10. The molecule has 0 fully saturated rings. The Morgan fingerprint density at radius 1 is 1.41 bits per heavy atom. The third kappa shape index (κ3) is 4.21. The van der Waals surface area contributed by atoms with Gasteiger partial charge in [-0.3, -0.25) is 14.8 Å². The van der Waals surface area contributed by atoms with Crippen molar-refractivity contribution in [2.45, 2.75) is 0 Å². The van der Waals surface area contributed by atoms with Crippen LogP contribution in [0.5, 0.6) is 5.75 Å². The summed E-state index contributed by atoms with van der Waals surface area (Å²) in [7, 11) is 4.80. The van der Waals surface area contributed by atoms with E-state index in [2.05, 4.69) is 10.3 Å². The van der Waals surface area contributed by atoms with Crippen LogP contribution in [0.1, 0.15) is 10.4 Å². The fraction of sp³-hybridized carbons (Fsp3) is 0.368. The number of fused-ring (bicyclic) bond motifs is 1. The average molecular weight is 400 g/mol. The van der Waals surface area contributed by atoms with Gasteiger partial charge in [-0.2, -0.15) is 0 Å². The number of carbonyl (C=O) groups excluding carboxylic acids is 2. The number of pyridine rings is 2. The predicted octanol–water partition coefficient (Wildman–Crippen LogP) is 0.799. The highest BCUT2D eigenvalue weighted by atomic mass is 16.5. The summed E-state index contributed by atoms with van der Waals surface area (Å²) in [5.41, 5.74) is 1.18. The van der Waals surface area contributed by atoms with E-state index in [1.165, 1.54) is 24.0 Å². The van der Waals surface area contributed by atoms with E-state index in [9.17, 15) is 9.59 Å². The Bertz CT molecular complexity index is 973. The third-order valence-electron chi connectivity index (χ3n) is 4.57. The number of nitrogens with one attached hydrogen (secondary N) is 2. The zero-order valence-corrected chi connectivity index (χ0v) is 16.6. The first-order chi connectivity index (χ1) is 14.0. The SMILES string of the molecule is CNC(=O)n1ccc(N2CCOc3cc(C(=O)N(C)CCOC)cnc32)cc1=N. The van der Waals surface area contributed by atoms with Crippen LogP contribution in [-0.2, 0) is 4.74 Å². The molecule has 3 rings (SSSR count). The van der Waals surface area contributed by atoms with E-state index < -0.39 is 0 Å². The van der Waals surface area contributed by atoms with E-state index in [1.54, 1.807) is 37.3 Å². The summed E-state index contributed by atoms with van der Waals surface area (Å²) in [6.45, 7) is 1.86. The second kappa shape index (κ2) is 8.74. The van der Waals surface area contributed by atoms with Crippen LogP contribution in [0.2, 0.25) is 0 Å². The van der Waals surface area contributed by atoms with Crippen molar-refractivity contribution in [3.8, 4) is 5.75 Å². The molecule has 10 nitrogen and oxygen atoms in total. The Labute approximate surface area is 168 Å². The number of likely N-dealkylation sites (N-methyl/N-ethyl adjacent to an activating group) is 1. The molecule has 3 heterocycles. The Balaban J connectivity index is 1.88. The lowest BCUT2D eigenvalue weighted by atomic mass is 10.2. The molecule has 2 amide bonds. The van der Waals surface area contributed by atoms with Gasteiger partial charge in [0.2, 0.25) is 0 Å². The van der Waals surface area contributed by atoms with E-state index in [4.69, 9.17) is 14.9 Å². The highest BCUT2D eigenvalue weighted by Crippen LogP contribution is 2.34. The Kier molecular flexibility index (Phi) is 6.13.